The van der Waals surface area contributed by atoms with E-state index in [-0.39, 0.29) is 0 Å². The van der Waals surface area contributed by atoms with Crippen molar-refractivity contribution in [1.29, 1.82) is 0 Å². The summed E-state index contributed by atoms with van der Waals surface area (Å²) in [6.45, 7) is 2.19. The number of aryl methyl sites for hydroxylation is 2. The summed E-state index contributed by atoms with van der Waals surface area (Å²) >= 11 is 5.59. The van der Waals surface area contributed by atoms with Crippen LogP contribution >= 0.6 is 11.6 Å². The standard InChI is InChI=1S/C8H10ClN5O/c1-6-10-12-8(15-6)5-14-4-7(2-3-9)11-13-14/h4H,2-3,5H2,1H3. The molecule has 0 radical (unpaired) electrons. The second-order valence-corrected chi connectivity index (χ2v) is 3.44. The number of alkyl halides is 1. The zero-order chi connectivity index (χ0) is 10.7. The zero-order valence-corrected chi connectivity index (χ0v) is 8.98. The van der Waals surface area contributed by atoms with Gasteiger partial charge in [-0.1, -0.05) is 5.21 Å². The first-order chi connectivity index (χ1) is 7.28. The van der Waals surface area contributed by atoms with Crippen LogP contribution in [0.2, 0.25) is 0 Å². The van der Waals surface area contributed by atoms with Gasteiger partial charge in [0.05, 0.1) is 5.69 Å². The number of nitrogens with zero attached hydrogens (tertiary/aromatic N) is 5. The molecule has 2 heterocycles. The highest BCUT2D eigenvalue weighted by molar-refractivity contribution is 6.17. The van der Waals surface area contributed by atoms with Crippen LogP contribution in [0.3, 0.4) is 0 Å². The summed E-state index contributed by atoms with van der Waals surface area (Å²) in [6, 6.07) is 0. The van der Waals surface area contributed by atoms with Crippen molar-refractivity contribution in [3.05, 3.63) is 23.7 Å². The van der Waals surface area contributed by atoms with E-state index in [1.165, 1.54) is 0 Å². The number of rotatable bonds is 4. The quantitative estimate of drug-likeness (QED) is 0.723. The van der Waals surface area contributed by atoms with Gasteiger partial charge in [-0.05, 0) is 0 Å². The molecule has 0 aliphatic carbocycles. The van der Waals surface area contributed by atoms with Gasteiger partial charge in [-0.2, -0.15) is 0 Å². The molecule has 15 heavy (non-hydrogen) atoms. The molecule has 0 amide bonds. The molecule has 0 spiro atoms. The van der Waals surface area contributed by atoms with Crippen LogP contribution in [0.25, 0.3) is 0 Å². The van der Waals surface area contributed by atoms with Crippen LogP contribution in [0.15, 0.2) is 10.6 Å². The second-order valence-electron chi connectivity index (χ2n) is 3.06. The lowest BCUT2D eigenvalue weighted by molar-refractivity contribution is 0.441. The topological polar surface area (TPSA) is 69.6 Å². The number of halogens is 1. The molecule has 0 aliphatic rings. The van der Waals surface area contributed by atoms with Crippen molar-refractivity contribution in [1.82, 2.24) is 25.2 Å². The van der Waals surface area contributed by atoms with E-state index in [1.54, 1.807) is 11.6 Å². The Kier molecular flexibility index (Phi) is 2.96. The Labute approximate surface area is 91.2 Å². The van der Waals surface area contributed by atoms with Gasteiger partial charge in [0.25, 0.3) is 0 Å². The van der Waals surface area contributed by atoms with Crippen LogP contribution in [-0.4, -0.2) is 31.1 Å². The molecule has 0 saturated heterocycles. The summed E-state index contributed by atoms with van der Waals surface area (Å²) in [6.07, 6.45) is 2.53. The Balaban J connectivity index is 2.04. The number of hydrogen-bond donors (Lipinski definition) is 0. The highest BCUT2D eigenvalue weighted by atomic mass is 35.5. The summed E-state index contributed by atoms with van der Waals surface area (Å²) in [5, 5.41) is 15.5. The van der Waals surface area contributed by atoms with Crippen LogP contribution in [0.4, 0.5) is 0 Å². The predicted molar refractivity (Wildman–Crippen MR) is 52.6 cm³/mol. The normalized spacial score (nSPS) is 10.8. The van der Waals surface area contributed by atoms with Crippen molar-refractivity contribution >= 4 is 11.6 Å². The maximum Gasteiger partial charge on any atom is 0.237 e. The van der Waals surface area contributed by atoms with E-state index in [2.05, 4.69) is 20.5 Å². The monoisotopic (exact) mass is 227 g/mol. The zero-order valence-electron chi connectivity index (χ0n) is 8.22. The molecular weight excluding hydrogens is 218 g/mol. The molecule has 80 valence electrons. The molecule has 0 aliphatic heterocycles. The minimum Gasteiger partial charge on any atom is -0.424 e. The Hall–Kier alpha value is -1.43. The fourth-order valence-electron chi connectivity index (χ4n) is 1.17. The highest BCUT2D eigenvalue weighted by Crippen LogP contribution is 2.02. The largest absolute Gasteiger partial charge is 0.424 e. The van der Waals surface area contributed by atoms with Gasteiger partial charge in [-0.15, -0.1) is 26.9 Å². The van der Waals surface area contributed by atoms with Gasteiger partial charge in [0, 0.05) is 25.4 Å². The molecule has 0 unspecified atom stereocenters. The summed E-state index contributed by atoms with van der Waals surface area (Å²) in [5.74, 6) is 1.61. The average molecular weight is 228 g/mol. The molecule has 2 aromatic rings. The molecule has 7 heteroatoms. The van der Waals surface area contributed by atoms with Crippen LogP contribution in [-0.2, 0) is 13.0 Å². The molecule has 0 N–H and O–H groups in total. The van der Waals surface area contributed by atoms with E-state index in [0.29, 0.717) is 30.6 Å². The first-order valence-electron chi connectivity index (χ1n) is 4.52. The fourth-order valence-corrected chi connectivity index (χ4v) is 1.36. The van der Waals surface area contributed by atoms with Crippen LogP contribution in [0, 0.1) is 6.92 Å². The van der Waals surface area contributed by atoms with E-state index in [1.807, 2.05) is 6.20 Å². The lowest BCUT2D eigenvalue weighted by Crippen LogP contribution is -2.00. The van der Waals surface area contributed by atoms with Gasteiger partial charge in [0.1, 0.15) is 6.54 Å². The number of hydrogen-bond acceptors (Lipinski definition) is 5. The number of aromatic nitrogens is 5. The summed E-state index contributed by atoms with van der Waals surface area (Å²) in [7, 11) is 0. The lowest BCUT2D eigenvalue weighted by atomic mass is 10.4. The maximum absolute atomic E-state index is 5.59. The molecular formula is C8H10ClN5O. The Bertz CT molecular complexity index is 438. The summed E-state index contributed by atoms with van der Waals surface area (Å²) in [5.41, 5.74) is 0.862. The van der Waals surface area contributed by atoms with E-state index >= 15 is 0 Å². The Morgan fingerprint density at radius 1 is 1.40 bits per heavy atom. The third-order valence-electron chi connectivity index (χ3n) is 1.80. The van der Waals surface area contributed by atoms with Crippen molar-refractivity contribution in [3.8, 4) is 0 Å². The third-order valence-corrected chi connectivity index (χ3v) is 1.99. The molecule has 6 nitrogen and oxygen atoms in total. The summed E-state index contributed by atoms with van der Waals surface area (Å²) in [4.78, 5) is 0. The van der Waals surface area contributed by atoms with Gasteiger partial charge in [-0.25, -0.2) is 4.68 Å². The van der Waals surface area contributed by atoms with Crippen LogP contribution in [0.5, 0.6) is 0 Å². The minimum atomic E-state index is 0.441. The molecule has 2 aromatic heterocycles. The van der Waals surface area contributed by atoms with Gasteiger partial charge in [0.15, 0.2) is 0 Å². The average Bonchev–Trinajstić information content (AvgIpc) is 2.78. The van der Waals surface area contributed by atoms with Crippen LogP contribution < -0.4 is 0 Å². The van der Waals surface area contributed by atoms with E-state index in [0.717, 1.165) is 5.69 Å². The van der Waals surface area contributed by atoms with E-state index < -0.39 is 0 Å². The molecule has 0 aromatic carbocycles. The van der Waals surface area contributed by atoms with Crippen molar-refractivity contribution in [2.45, 2.75) is 19.9 Å². The maximum atomic E-state index is 5.59. The molecule has 2 rings (SSSR count). The predicted octanol–water partition coefficient (Wildman–Crippen LogP) is 0.799. The smallest absolute Gasteiger partial charge is 0.237 e. The van der Waals surface area contributed by atoms with Crippen LogP contribution in [0.1, 0.15) is 17.5 Å². The van der Waals surface area contributed by atoms with E-state index in [4.69, 9.17) is 16.0 Å². The van der Waals surface area contributed by atoms with Gasteiger partial charge in [-0.3, -0.25) is 0 Å². The van der Waals surface area contributed by atoms with E-state index in [9.17, 15) is 0 Å². The highest BCUT2D eigenvalue weighted by Gasteiger charge is 2.05. The summed E-state index contributed by atoms with van der Waals surface area (Å²) < 4.78 is 6.87. The Morgan fingerprint density at radius 2 is 2.27 bits per heavy atom. The lowest BCUT2D eigenvalue weighted by Gasteiger charge is -1.92. The molecule has 0 bridgehead atoms. The molecule has 0 atom stereocenters. The SMILES string of the molecule is Cc1nnc(Cn2cc(CCCl)nn2)o1. The van der Waals surface area contributed by atoms with Crippen molar-refractivity contribution in [2.75, 3.05) is 5.88 Å². The first-order valence-corrected chi connectivity index (χ1v) is 5.05. The molecule has 0 fully saturated rings. The van der Waals surface area contributed by atoms with Crippen molar-refractivity contribution in [2.24, 2.45) is 0 Å². The van der Waals surface area contributed by atoms with Gasteiger partial charge in [0.2, 0.25) is 11.8 Å². The minimum absolute atomic E-state index is 0.441. The van der Waals surface area contributed by atoms with Crippen molar-refractivity contribution < 1.29 is 4.42 Å². The molecule has 0 saturated carbocycles. The van der Waals surface area contributed by atoms with Gasteiger partial charge < -0.3 is 4.42 Å². The fraction of sp³-hybridized carbons (Fsp3) is 0.500. The van der Waals surface area contributed by atoms with Gasteiger partial charge >= 0.3 is 0 Å². The first kappa shape index (κ1) is 10.1. The third kappa shape index (κ3) is 2.53. The Morgan fingerprint density at radius 3 is 2.93 bits per heavy atom. The second kappa shape index (κ2) is 4.39. The van der Waals surface area contributed by atoms with Crippen molar-refractivity contribution in [3.63, 3.8) is 0 Å².